The molecule has 0 saturated heterocycles. The second kappa shape index (κ2) is 6.90. The molecule has 0 fully saturated rings. The van der Waals surface area contributed by atoms with Crippen LogP contribution >= 0.6 is 0 Å². The van der Waals surface area contributed by atoms with E-state index in [2.05, 4.69) is 15.3 Å². The van der Waals surface area contributed by atoms with Gasteiger partial charge >= 0.3 is 6.18 Å². The number of nitrogens with one attached hydrogen (secondary N) is 1. The van der Waals surface area contributed by atoms with Gasteiger partial charge in [-0.2, -0.15) is 13.2 Å². The first kappa shape index (κ1) is 15.1. The number of hydrogen-bond acceptors (Lipinski definition) is 3. The van der Waals surface area contributed by atoms with Gasteiger partial charge in [-0.25, -0.2) is 9.97 Å². The summed E-state index contributed by atoms with van der Waals surface area (Å²) in [6, 6.07) is 0. The summed E-state index contributed by atoms with van der Waals surface area (Å²) in [4.78, 5) is 8.55. The van der Waals surface area contributed by atoms with E-state index in [9.17, 15) is 13.2 Å². The van der Waals surface area contributed by atoms with Crippen LogP contribution in [0.1, 0.15) is 49.8 Å². The Hall–Kier alpha value is -1.33. The highest BCUT2D eigenvalue weighted by Gasteiger charge is 2.25. The number of fused-ring (bicyclic) bond motifs is 1. The van der Waals surface area contributed by atoms with Crippen LogP contribution in [0.5, 0.6) is 0 Å². The van der Waals surface area contributed by atoms with E-state index < -0.39 is 12.6 Å². The zero-order valence-electron chi connectivity index (χ0n) is 11.5. The van der Waals surface area contributed by atoms with Crippen molar-refractivity contribution in [3.8, 4) is 0 Å². The molecule has 0 aromatic carbocycles. The lowest BCUT2D eigenvalue weighted by Gasteiger charge is -2.12. The molecule has 1 aromatic rings. The summed E-state index contributed by atoms with van der Waals surface area (Å²) in [7, 11) is 0. The third-order valence-corrected chi connectivity index (χ3v) is 3.55. The standard InChI is InChI=1S/C14H20F3N3/c15-14(16,17)8-4-5-9-18-13-11-6-2-1-3-7-12(11)19-10-20-13/h10H,1-9H2,(H,18,19,20). The summed E-state index contributed by atoms with van der Waals surface area (Å²) >= 11 is 0. The Kier molecular flexibility index (Phi) is 5.20. The molecule has 1 aliphatic rings. The Morgan fingerprint density at radius 2 is 1.85 bits per heavy atom. The molecule has 1 N–H and O–H groups in total. The van der Waals surface area contributed by atoms with Gasteiger partial charge in [0.05, 0.1) is 0 Å². The fraction of sp³-hybridized carbons (Fsp3) is 0.714. The molecule has 1 heterocycles. The Morgan fingerprint density at radius 1 is 1.05 bits per heavy atom. The van der Waals surface area contributed by atoms with Gasteiger partial charge in [0.25, 0.3) is 0 Å². The van der Waals surface area contributed by atoms with E-state index in [1.165, 1.54) is 6.42 Å². The number of rotatable bonds is 5. The fourth-order valence-corrected chi connectivity index (χ4v) is 2.51. The molecule has 20 heavy (non-hydrogen) atoms. The van der Waals surface area contributed by atoms with Crippen LogP contribution in [0.15, 0.2) is 6.33 Å². The molecule has 6 heteroatoms. The summed E-state index contributed by atoms with van der Waals surface area (Å²) < 4.78 is 36.1. The monoisotopic (exact) mass is 287 g/mol. The van der Waals surface area contributed by atoms with Crippen molar-refractivity contribution < 1.29 is 13.2 Å². The number of aromatic nitrogens is 2. The minimum absolute atomic E-state index is 0.157. The summed E-state index contributed by atoms with van der Waals surface area (Å²) in [5.41, 5.74) is 2.25. The molecule has 0 aliphatic heterocycles. The normalized spacial score (nSPS) is 15.6. The maximum atomic E-state index is 12.0. The zero-order valence-corrected chi connectivity index (χ0v) is 11.5. The van der Waals surface area contributed by atoms with Crippen LogP contribution in [0.25, 0.3) is 0 Å². The van der Waals surface area contributed by atoms with Gasteiger partial charge in [-0.1, -0.05) is 6.42 Å². The third kappa shape index (κ3) is 4.65. The van der Waals surface area contributed by atoms with Gasteiger partial charge < -0.3 is 5.32 Å². The van der Waals surface area contributed by atoms with Crippen molar-refractivity contribution in [1.29, 1.82) is 0 Å². The van der Waals surface area contributed by atoms with Crippen LogP contribution in [0.2, 0.25) is 0 Å². The van der Waals surface area contributed by atoms with Gasteiger partial charge in [0.2, 0.25) is 0 Å². The molecule has 0 spiro atoms. The van der Waals surface area contributed by atoms with E-state index in [1.54, 1.807) is 6.33 Å². The fourth-order valence-electron chi connectivity index (χ4n) is 2.51. The summed E-state index contributed by atoms with van der Waals surface area (Å²) in [5.74, 6) is 0.809. The molecule has 3 nitrogen and oxygen atoms in total. The number of aryl methyl sites for hydroxylation is 1. The van der Waals surface area contributed by atoms with E-state index >= 15 is 0 Å². The van der Waals surface area contributed by atoms with E-state index in [4.69, 9.17) is 0 Å². The lowest BCUT2D eigenvalue weighted by atomic mass is 10.1. The number of nitrogens with zero attached hydrogens (tertiary/aromatic N) is 2. The van der Waals surface area contributed by atoms with Crippen LogP contribution in [-0.4, -0.2) is 22.7 Å². The molecular formula is C14H20F3N3. The molecule has 1 aromatic heterocycles. The smallest absolute Gasteiger partial charge is 0.370 e. The quantitative estimate of drug-likeness (QED) is 0.659. The molecule has 0 radical (unpaired) electrons. The molecule has 1 aliphatic carbocycles. The predicted molar refractivity (Wildman–Crippen MR) is 71.7 cm³/mol. The average molecular weight is 287 g/mol. The lowest BCUT2D eigenvalue weighted by Crippen LogP contribution is -2.11. The molecule has 112 valence electrons. The summed E-state index contributed by atoms with van der Waals surface area (Å²) in [6.07, 6.45) is 2.84. The summed E-state index contributed by atoms with van der Waals surface area (Å²) in [5, 5.41) is 3.17. The molecule has 0 bridgehead atoms. The van der Waals surface area contributed by atoms with E-state index in [-0.39, 0.29) is 6.42 Å². The van der Waals surface area contributed by atoms with Gasteiger partial charge in [0, 0.05) is 24.2 Å². The number of anilines is 1. The van der Waals surface area contributed by atoms with E-state index in [0.717, 1.165) is 42.8 Å². The molecule has 0 atom stereocenters. The number of hydrogen-bond donors (Lipinski definition) is 1. The van der Waals surface area contributed by atoms with Gasteiger partial charge in [0.15, 0.2) is 0 Å². The van der Waals surface area contributed by atoms with E-state index in [1.807, 2.05) is 0 Å². The Bertz CT molecular complexity index is 432. The van der Waals surface area contributed by atoms with Crippen molar-refractivity contribution in [1.82, 2.24) is 9.97 Å². The maximum absolute atomic E-state index is 12.0. The largest absolute Gasteiger partial charge is 0.389 e. The first-order valence-electron chi connectivity index (χ1n) is 7.19. The van der Waals surface area contributed by atoms with Crippen LogP contribution in [0.3, 0.4) is 0 Å². The number of halogens is 3. The van der Waals surface area contributed by atoms with Crippen molar-refractivity contribution in [3.05, 3.63) is 17.6 Å². The highest BCUT2D eigenvalue weighted by molar-refractivity contribution is 5.46. The second-order valence-electron chi connectivity index (χ2n) is 5.21. The molecule has 2 rings (SSSR count). The topological polar surface area (TPSA) is 37.8 Å². The van der Waals surface area contributed by atoms with Crippen LogP contribution in [-0.2, 0) is 12.8 Å². The highest BCUT2D eigenvalue weighted by Crippen LogP contribution is 2.24. The highest BCUT2D eigenvalue weighted by atomic mass is 19.4. The predicted octanol–water partition coefficient (Wildman–Crippen LogP) is 3.89. The van der Waals surface area contributed by atoms with Crippen molar-refractivity contribution >= 4 is 5.82 Å². The van der Waals surface area contributed by atoms with Gasteiger partial charge in [-0.3, -0.25) is 0 Å². The maximum Gasteiger partial charge on any atom is 0.389 e. The SMILES string of the molecule is FC(F)(F)CCCCNc1ncnc2c1CCCCC2. The van der Waals surface area contributed by atoms with Gasteiger partial charge in [-0.05, 0) is 38.5 Å². The van der Waals surface area contributed by atoms with E-state index in [0.29, 0.717) is 13.0 Å². The van der Waals surface area contributed by atoms with Crippen molar-refractivity contribution in [3.63, 3.8) is 0 Å². The zero-order chi connectivity index (χ0) is 14.4. The number of alkyl halides is 3. The minimum atomic E-state index is -4.05. The van der Waals surface area contributed by atoms with Crippen molar-refractivity contribution in [2.45, 2.75) is 57.5 Å². The first-order chi connectivity index (χ1) is 9.56. The number of unbranched alkanes of at least 4 members (excludes halogenated alkanes) is 1. The molecule has 0 saturated carbocycles. The summed E-state index contributed by atoms with van der Waals surface area (Å²) in [6.45, 7) is 0.527. The second-order valence-corrected chi connectivity index (χ2v) is 5.21. The Balaban J connectivity index is 1.84. The van der Waals surface area contributed by atoms with Gasteiger partial charge in [0.1, 0.15) is 12.1 Å². The van der Waals surface area contributed by atoms with Crippen molar-refractivity contribution in [2.75, 3.05) is 11.9 Å². The lowest BCUT2D eigenvalue weighted by molar-refractivity contribution is -0.135. The third-order valence-electron chi connectivity index (χ3n) is 3.55. The molecule has 0 unspecified atom stereocenters. The van der Waals surface area contributed by atoms with Gasteiger partial charge in [-0.15, -0.1) is 0 Å². The van der Waals surface area contributed by atoms with Crippen molar-refractivity contribution in [2.24, 2.45) is 0 Å². The van der Waals surface area contributed by atoms with Crippen LogP contribution < -0.4 is 5.32 Å². The average Bonchev–Trinajstić information content (AvgIpc) is 2.62. The first-order valence-corrected chi connectivity index (χ1v) is 7.19. The Labute approximate surface area is 117 Å². The Morgan fingerprint density at radius 3 is 2.65 bits per heavy atom. The van der Waals surface area contributed by atoms with Crippen LogP contribution in [0.4, 0.5) is 19.0 Å². The molecular weight excluding hydrogens is 267 g/mol. The van der Waals surface area contributed by atoms with Crippen LogP contribution in [0, 0.1) is 0 Å². The molecule has 0 amide bonds. The minimum Gasteiger partial charge on any atom is -0.370 e.